The van der Waals surface area contributed by atoms with Crippen molar-refractivity contribution in [2.45, 2.75) is 33.6 Å². The molecule has 0 saturated carbocycles. The van der Waals surface area contributed by atoms with E-state index in [0.29, 0.717) is 15.6 Å². The van der Waals surface area contributed by atoms with E-state index in [9.17, 15) is 9.90 Å². The van der Waals surface area contributed by atoms with Crippen LogP contribution in [0.15, 0.2) is 12.3 Å². The van der Waals surface area contributed by atoms with E-state index in [0.717, 1.165) is 16.8 Å². The molecule has 0 saturated heterocycles. The Hall–Kier alpha value is -1.75. The molecule has 100 valence electrons. The third-order valence-corrected chi connectivity index (χ3v) is 3.88. The minimum absolute atomic E-state index is 0.0851. The Balaban J connectivity index is 2.57. The molecule has 0 fully saturated rings. The highest BCUT2D eigenvalue weighted by Gasteiger charge is 2.21. The van der Waals surface area contributed by atoms with Gasteiger partial charge in [-0.25, -0.2) is 9.78 Å². The number of carboxylic acids is 1. The number of rotatable bonds is 3. The Morgan fingerprint density at radius 2 is 2.05 bits per heavy atom. The summed E-state index contributed by atoms with van der Waals surface area (Å²) in [6.07, 6.45) is 1.78. The van der Waals surface area contributed by atoms with Gasteiger partial charge in [0.2, 0.25) is 0 Å². The Bertz CT molecular complexity index is 632. The molecular formula is C14H16N2O2S. The highest BCUT2D eigenvalue weighted by atomic mass is 32.1. The molecule has 1 N–H and O–H groups in total. The quantitative estimate of drug-likeness (QED) is 0.929. The largest absolute Gasteiger partial charge is 0.477 e. The Morgan fingerprint density at radius 1 is 1.37 bits per heavy atom. The van der Waals surface area contributed by atoms with Crippen molar-refractivity contribution in [1.82, 2.24) is 9.97 Å². The van der Waals surface area contributed by atoms with E-state index in [-0.39, 0.29) is 5.92 Å². The van der Waals surface area contributed by atoms with Crippen molar-refractivity contribution in [2.24, 2.45) is 0 Å². The molecule has 19 heavy (non-hydrogen) atoms. The molecule has 0 aliphatic heterocycles. The summed E-state index contributed by atoms with van der Waals surface area (Å²) in [5.74, 6) is -0.834. The summed E-state index contributed by atoms with van der Waals surface area (Å²) in [4.78, 5) is 20.4. The number of aromatic carboxylic acids is 1. The summed E-state index contributed by atoms with van der Waals surface area (Å²) >= 11 is 1.20. The van der Waals surface area contributed by atoms with Crippen molar-refractivity contribution in [3.8, 4) is 10.7 Å². The van der Waals surface area contributed by atoms with Gasteiger partial charge in [0.05, 0.1) is 5.69 Å². The number of thiazole rings is 1. The van der Waals surface area contributed by atoms with Crippen LogP contribution < -0.4 is 0 Å². The number of hydrogen-bond donors (Lipinski definition) is 1. The van der Waals surface area contributed by atoms with Crippen molar-refractivity contribution in [1.29, 1.82) is 0 Å². The van der Waals surface area contributed by atoms with Crippen LogP contribution in [0.25, 0.3) is 10.7 Å². The number of aryl methyl sites for hydroxylation is 2. The lowest BCUT2D eigenvalue weighted by Crippen LogP contribution is -2.00. The summed E-state index contributed by atoms with van der Waals surface area (Å²) < 4.78 is 0. The Labute approximate surface area is 116 Å². The standard InChI is InChI=1S/C14H16N2O2S/c1-7(2)10-12(14(17)18)19-13(16-10)11-9(4)5-8(3)6-15-11/h5-7H,1-4H3,(H,17,18). The van der Waals surface area contributed by atoms with Crippen molar-refractivity contribution < 1.29 is 9.90 Å². The monoisotopic (exact) mass is 276 g/mol. The minimum Gasteiger partial charge on any atom is -0.477 e. The maximum Gasteiger partial charge on any atom is 0.347 e. The number of aromatic nitrogens is 2. The van der Waals surface area contributed by atoms with Crippen LogP contribution in [0.5, 0.6) is 0 Å². The molecule has 4 nitrogen and oxygen atoms in total. The SMILES string of the molecule is Cc1cnc(-c2nc(C(C)C)c(C(=O)O)s2)c(C)c1. The van der Waals surface area contributed by atoms with Crippen molar-refractivity contribution in [3.63, 3.8) is 0 Å². The molecule has 0 unspecified atom stereocenters. The Kier molecular flexibility index (Phi) is 3.66. The maximum atomic E-state index is 11.3. The maximum absolute atomic E-state index is 11.3. The predicted octanol–water partition coefficient (Wildman–Crippen LogP) is 3.64. The van der Waals surface area contributed by atoms with E-state index >= 15 is 0 Å². The molecular weight excluding hydrogens is 260 g/mol. The van der Waals surface area contributed by atoms with Gasteiger partial charge in [0.15, 0.2) is 0 Å². The van der Waals surface area contributed by atoms with Gasteiger partial charge in [-0.1, -0.05) is 19.9 Å². The van der Waals surface area contributed by atoms with Gasteiger partial charge < -0.3 is 5.11 Å². The zero-order chi connectivity index (χ0) is 14.2. The fourth-order valence-corrected chi connectivity index (χ4v) is 3.04. The molecule has 2 aromatic heterocycles. The van der Waals surface area contributed by atoms with E-state index in [4.69, 9.17) is 0 Å². The molecule has 0 aliphatic rings. The van der Waals surface area contributed by atoms with E-state index in [1.807, 2.05) is 33.8 Å². The first-order valence-corrected chi connectivity index (χ1v) is 6.89. The molecule has 0 atom stereocenters. The van der Waals surface area contributed by atoms with Crippen molar-refractivity contribution in [2.75, 3.05) is 0 Å². The molecule has 0 spiro atoms. The second-order valence-corrected chi connectivity index (χ2v) is 5.87. The topological polar surface area (TPSA) is 63.1 Å². The second-order valence-electron chi connectivity index (χ2n) is 4.87. The fourth-order valence-electron chi connectivity index (χ4n) is 1.92. The smallest absolute Gasteiger partial charge is 0.347 e. The third-order valence-electron chi connectivity index (χ3n) is 2.81. The van der Waals surface area contributed by atoms with E-state index in [1.54, 1.807) is 6.20 Å². The second kappa shape index (κ2) is 5.09. The summed E-state index contributed by atoms with van der Waals surface area (Å²) in [5, 5.41) is 9.92. The first kappa shape index (κ1) is 13.7. The van der Waals surface area contributed by atoms with Gasteiger partial charge in [-0.3, -0.25) is 4.98 Å². The number of pyridine rings is 1. The van der Waals surface area contributed by atoms with Gasteiger partial charge >= 0.3 is 5.97 Å². The van der Waals surface area contributed by atoms with Crippen LogP contribution in [0.2, 0.25) is 0 Å². The van der Waals surface area contributed by atoms with Crippen LogP contribution in [0.4, 0.5) is 0 Å². The van der Waals surface area contributed by atoms with E-state index < -0.39 is 5.97 Å². The molecule has 0 bridgehead atoms. The summed E-state index contributed by atoms with van der Waals surface area (Å²) in [5.41, 5.74) is 3.50. The summed E-state index contributed by atoms with van der Waals surface area (Å²) in [6.45, 7) is 7.83. The number of carboxylic acid groups (broad SMARTS) is 1. The first-order chi connectivity index (χ1) is 8.90. The lowest BCUT2D eigenvalue weighted by Gasteiger charge is -2.02. The summed E-state index contributed by atoms with van der Waals surface area (Å²) in [6, 6.07) is 2.03. The van der Waals surface area contributed by atoms with Crippen molar-refractivity contribution in [3.05, 3.63) is 34.0 Å². The zero-order valence-corrected chi connectivity index (χ0v) is 12.2. The number of hydrogen-bond acceptors (Lipinski definition) is 4. The number of carbonyl (C=O) groups is 1. The lowest BCUT2D eigenvalue weighted by molar-refractivity contribution is 0.0700. The van der Waals surface area contributed by atoms with Gasteiger partial charge in [-0.05, 0) is 30.9 Å². The van der Waals surface area contributed by atoms with Gasteiger partial charge in [0, 0.05) is 6.20 Å². The highest BCUT2D eigenvalue weighted by molar-refractivity contribution is 7.17. The molecule has 0 aromatic carbocycles. The van der Waals surface area contributed by atoms with Crippen LogP contribution in [0.3, 0.4) is 0 Å². The van der Waals surface area contributed by atoms with Gasteiger partial charge in [0.1, 0.15) is 15.6 Å². The highest BCUT2D eigenvalue weighted by Crippen LogP contribution is 2.32. The molecule has 2 heterocycles. The molecule has 5 heteroatoms. The van der Waals surface area contributed by atoms with E-state index in [1.165, 1.54) is 11.3 Å². The van der Waals surface area contributed by atoms with Crippen LogP contribution in [0.1, 0.15) is 46.3 Å². The Morgan fingerprint density at radius 3 is 2.53 bits per heavy atom. The normalized spacial score (nSPS) is 11.0. The minimum atomic E-state index is -0.919. The molecule has 0 amide bonds. The summed E-state index contributed by atoms with van der Waals surface area (Å²) in [7, 11) is 0. The van der Waals surface area contributed by atoms with Gasteiger partial charge in [-0.2, -0.15) is 0 Å². The molecule has 0 radical (unpaired) electrons. The average Bonchev–Trinajstić information content (AvgIpc) is 2.73. The van der Waals surface area contributed by atoms with Gasteiger partial charge in [-0.15, -0.1) is 11.3 Å². The zero-order valence-electron chi connectivity index (χ0n) is 11.4. The number of nitrogens with zero attached hydrogens (tertiary/aromatic N) is 2. The van der Waals surface area contributed by atoms with Crippen LogP contribution in [0, 0.1) is 13.8 Å². The molecule has 2 rings (SSSR count). The third kappa shape index (κ3) is 2.66. The fraction of sp³-hybridized carbons (Fsp3) is 0.357. The van der Waals surface area contributed by atoms with Crippen LogP contribution in [-0.2, 0) is 0 Å². The molecule has 0 aliphatic carbocycles. The average molecular weight is 276 g/mol. The van der Waals surface area contributed by atoms with E-state index in [2.05, 4.69) is 9.97 Å². The van der Waals surface area contributed by atoms with Crippen LogP contribution >= 0.6 is 11.3 Å². The molecule has 2 aromatic rings. The first-order valence-electron chi connectivity index (χ1n) is 6.07. The van der Waals surface area contributed by atoms with Crippen molar-refractivity contribution >= 4 is 17.3 Å². The van der Waals surface area contributed by atoms with Gasteiger partial charge in [0.25, 0.3) is 0 Å². The predicted molar refractivity (Wildman–Crippen MR) is 75.9 cm³/mol. The lowest BCUT2D eigenvalue weighted by atomic mass is 10.1. The van der Waals surface area contributed by atoms with Crippen LogP contribution in [-0.4, -0.2) is 21.0 Å².